The van der Waals surface area contributed by atoms with Gasteiger partial charge in [0.25, 0.3) is 0 Å². The summed E-state index contributed by atoms with van der Waals surface area (Å²) in [6.07, 6.45) is -2.84. The highest BCUT2D eigenvalue weighted by Gasteiger charge is 2.39. The third kappa shape index (κ3) is 5.39. The number of piperidine rings is 1. The number of carbonyl (C=O) groups is 1. The number of hydrogen-bond acceptors (Lipinski definition) is 7. The molecular weight excluding hydrogens is 429 g/mol. The monoisotopic (exact) mass is 454 g/mol. The van der Waals surface area contributed by atoms with Gasteiger partial charge in [0.05, 0.1) is 13.7 Å². The average Bonchev–Trinajstić information content (AvgIpc) is 2.77. The van der Waals surface area contributed by atoms with Gasteiger partial charge >= 0.3 is 12.1 Å². The van der Waals surface area contributed by atoms with Gasteiger partial charge in [-0.15, -0.1) is 0 Å². The molecule has 1 aromatic heterocycles. The highest BCUT2D eigenvalue weighted by molar-refractivity contribution is 5.88. The van der Waals surface area contributed by atoms with Gasteiger partial charge in [0.15, 0.2) is 17.2 Å². The van der Waals surface area contributed by atoms with Gasteiger partial charge in [-0.05, 0) is 50.6 Å². The standard InChI is InChI=1S/C21H25F3N4O4/c1-3-32-17-10-13(4-5-16(17)31-2)12-28(14-6-8-25-9-7-14)20-26-11-15(19(29)30)18(27-20)21(22,23)24/h4-5,10-11,14,25H,3,6-9,12H2,1-2H3,(H,29,30). The van der Waals surface area contributed by atoms with E-state index in [0.717, 1.165) is 11.8 Å². The minimum atomic E-state index is -4.92. The first kappa shape index (κ1) is 23.6. The summed E-state index contributed by atoms with van der Waals surface area (Å²) in [7, 11) is 1.52. The van der Waals surface area contributed by atoms with Gasteiger partial charge in [-0.2, -0.15) is 13.2 Å². The highest BCUT2D eigenvalue weighted by Crippen LogP contribution is 2.33. The number of benzene rings is 1. The number of nitrogens with zero attached hydrogens (tertiary/aromatic N) is 3. The molecule has 8 nitrogen and oxygen atoms in total. The van der Waals surface area contributed by atoms with Crippen LogP contribution in [0, 0.1) is 0 Å². The Morgan fingerprint density at radius 2 is 2.00 bits per heavy atom. The Morgan fingerprint density at radius 1 is 1.28 bits per heavy atom. The van der Waals surface area contributed by atoms with Crippen molar-refractivity contribution in [3.05, 3.63) is 41.2 Å². The molecule has 2 aromatic rings. The lowest BCUT2D eigenvalue weighted by atomic mass is 10.0. The Bertz CT molecular complexity index is 949. The smallest absolute Gasteiger partial charge is 0.434 e. The molecule has 1 fully saturated rings. The Labute approximate surface area is 183 Å². The number of rotatable bonds is 8. The maximum atomic E-state index is 13.5. The molecule has 0 amide bonds. The average molecular weight is 454 g/mol. The van der Waals surface area contributed by atoms with E-state index in [-0.39, 0.29) is 18.5 Å². The molecule has 174 valence electrons. The maximum Gasteiger partial charge on any atom is 0.434 e. The van der Waals surface area contributed by atoms with Crippen molar-refractivity contribution in [3.63, 3.8) is 0 Å². The van der Waals surface area contributed by atoms with Gasteiger partial charge in [0.2, 0.25) is 5.95 Å². The summed E-state index contributed by atoms with van der Waals surface area (Å²) in [5.41, 5.74) is -1.67. The minimum Gasteiger partial charge on any atom is -0.493 e. The van der Waals surface area contributed by atoms with Crippen molar-refractivity contribution in [2.24, 2.45) is 0 Å². The minimum absolute atomic E-state index is 0.120. The molecule has 0 unspecified atom stereocenters. The van der Waals surface area contributed by atoms with Crippen LogP contribution in [0.25, 0.3) is 0 Å². The number of carboxylic acid groups (broad SMARTS) is 1. The van der Waals surface area contributed by atoms with Crippen LogP contribution in [0.3, 0.4) is 0 Å². The molecule has 0 aliphatic carbocycles. The number of halogens is 3. The van der Waals surface area contributed by atoms with Crippen LogP contribution < -0.4 is 19.7 Å². The second-order valence-corrected chi connectivity index (χ2v) is 7.26. The number of nitrogens with one attached hydrogen (secondary N) is 1. The Morgan fingerprint density at radius 3 is 2.59 bits per heavy atom. The van der Waals surface area contributed by atoms with Crippen molar-refractivity contribution in [1.29, 1.82) is 0 Å². The van der Waals surface area contributed by atoms with E-state index >= 15 is 0 Å². The summed E-state index contributed by atoms with van der Waals surface area (Å²) in [4.78, 5) is 20.6. The fourth-order valence-corrected chi connectivity index (χ4v) is 3.65. The first-order valence-electron chi connectivity index (χ1n) is 10.2. The van der Waals surface area contributed by atoms with Crippen molar-refractivity contribution < 1.29 is 32.5 Å². The number of ether oxygens (including phenoxy) is 2. The van der Waals surface area contributed by atoms with Gasteiger partial charge in [0.1, 0.15) is 5.56 Å². The summed E-state index contributed by atoms with van der Waals surface area (Å²) in [6, 6.07) is 5.18. The molecule has 2 N–H and O–H groups in total. The topological polar surface area (TPSA) is 96.8 Å². The van der Waals surface area contributed by atoms with Crippen molar-refractivity contribution in [3.8, 4) is 11.5 Å². The second kappa shape index (κ2) is 10.0. The molecule has 0 bridgehead atoms. The second-order valence-electron chi connectivity index (χ2n) is 7.26. The lowest BCUT2D eigenvalue weighted by molar-refractivity contribution is -0.141. The molecule has 11 heteroatoms. The van der Waals surface area contributed by atoms with Crippen LogP contribution in [0.15, 0.2) is 24.4 Å². The van der Waals surface area contributed by atoms with E-state index in [4.69, 9.17) is 14.6 Å². The lowest BCUT2D eigenvalue weighted by Gasteiger charge is -2.35. The summed E-state index contributed by atoms with van der Waals surface area (Å²) >= 11 is 0. The molecule has 0 radical (unpaired) electrons. The number of aromatic carboxylic acids is 1. The number of aromatic nitrogens is 2. The van der Waals surface area contributed by atoms with Crippen LogP contribution in [0.4, 0.5) is 19.1 Å². The summed E-state index contributed by atoms with van der Waals surface area (Å²) in [6.45, 7) is 3.88. The number of alkyl halides is 3. The molecular formula is C21H25F3N4O4. The van der Waals surface area contributed by atoms with E-state index in [0.29, 0.717) is 44.0 Å². The van der Waals surface area contributed by atoms with Crippen LogP contribution >= 0.6 is 0 Å². The van der Waals surface area contributed by atoms with Gasteiger partial charge in [0, 0.05) is 18.8 Å². The van der Waals surface area contributed by atoms with E-state index in [1.807, 2.05) is 6.92 Å². The van der Waals surface area contributed by atoms with E-state index in [2.05, 4.69) is 15.3 Å². The zero-order chi connectivity index (χ0) is 23.3. The van der Waals surface area contributed by atoms with Crippen molar-refractivity contribution >= 4 is 11.9 Å². The SMILES string of the molecule is CCOc1cc(CN(c2ncc(C(=O)O)c(C(F)(F)F)n2)C2CCNCC2)ccc1OC. The predicted molar refractivity (Wildman–Crippen MR) is 110 cm³/mol. The van der Waals surface area contributed by atoms with E-state index in [9.17, 15) is 18.0 Å². The van der Waals surface area contributed by atoms with Crippen molar-refractivity contribution in [2.75, 3.05) is 31.7 Å². The number of methoxy groups -OCH3 is 1. The normalized spacial score (nSPS) is 14.8. The quantitative estimate of drug-likeness (QED) is 0.627. The van der Waals surface area contributed by atoms with Gasteiger partial charge in [-0.3, -0.25) is 0 Å². The molecule has 1 aromatic carbocycles. The highest BCUT2D eigenvalue weighted by atomic mass is 19.4. The first-order valence-corrected chi connectivity index (χ1v) is 10.2. The lowest BCUT2D eigenvalue weighted by Crippen LogP contribution is -2.44. The Balaban J connectivity index is 2.02. The molecule has 0 spiro atoms. The summed E-state index contributed by atoms with van der Waals surface area (Å²) in [5.74, 6) is -0.821. The van der Waals surface area contributed by atoms with Crippen LogP contribution in [0.2, 0.25) is 0 Å². The van der Waals surface area contributed by atoms with Gasteiger partial charge in [-0.1, -0.05) is 6.07 Å². The van der Waals surface area contributed by atoms with E-state index in [1.54, 1.807) is 23.1 Å². The fourth-order valence-electron chi connectivity index (χ4n) is 3.65. The third-order valence-corrected chi connectivity index (χ3v) is 5.16. The number of hydrogen-bond donors (Lipinski definition) is 2. The Hall–Kier alpha value is -3.08. The molecule has 1 aliphatic heterocycles. The third-order valence-electron chi connectivity index (χ3n) is 5.16. The van der Waals surface area contributed by atoms with Gasteiger partial charge in [-0.25, -0.2) is 14.8 Å². The predicted octanol–water partition coefficient (Wildman–Crippen LogP) is 3.36. The largest absolute Gasteiger partial charge is 0.493 e. The van der Waals surface area contributed by atoms with Crippen LogP contribution in [-0.2, 0) is 12.7 Å². The zero-order valence-electron chi connectivity index (χ0n) is 17.8. The molecule has 1 aliphatic rings. The van der Waals surface area contributed by atoms with Crippen molar-refractivity contribution in [2.45, 2.75) is 38.5 Å². The molecule has 3 rings (SSSR count). The van der Waals surface area contributed by atoms with Crippen LogP contribution in [0.1, 0.15) is 41.4 Å². The zero-order valence-corrected chi connectivity index (χ0v) is 17.8. The molecule has 0 atom stereocenters. The maximum absolute atomic E-state index is 13.5. The fraction of sp³-hybridized carbons (Fsp3) is 0.476. The molecule has 32 heavy (non-hydrogen) atoms. The summed E-state index contributed by atoms with van der Waals surface area (Å²) in [5, 5.41) is 12.4. The molecule has 1 saturated heterocycles. The number of anilines is 1. The molecule has 2 heterocycles. The first-order chi connectivity index (χ1) is 15.2. The molecule has 0 saturated carbocycles. The van der Waals surface area contributed by atoms with Gasteiger partial charge < -0.3 is 24.8 Å². The van der Waals surface area contributed by atoms with E-state index < -0.39 is 23.4 Å². The van der Waals surface area contributed by atoms with Crippen LogP contribution in [-0.4, -0.2) is 53.9 Å². The summed E-state index contributed by atoms with van der Waals surface area (Å²) < 4.78 is 51.5. The van der Waals surface area contributed by atoms with Crippen LogP contribution in [0.5, 0.6) is 11.5 Å². The number of carboxylic acids is 1. The van der Waals surface area contributed by atoms with E-state index in [1.165, 1.54) is 7.11 Å². The van der Waals surface area contributed by atoms with Crippen molar-refractivity contribution in [1.82, 2.24) is 15.3 Å². The Kier molecular flexibility index (Phi) is 7.39.